The van der Waals surface area contributed by atoms with Crippen LogP contribution < -0.4 is 5.32 Å². The molecule has 0 aromatic heterocycles. The van der Waals surface area contributed by atoms with Gasteiger partial charge in [0.05, 0.1) is 5.76 Å². The minimum Gasteiger partial charge on any atom is -0.512 e. The van der Waals surface area contributed by atoms with E-state index < -0.39 is 11.7 Å². The van der Waals surface area contributed by atoms with Gasteiger partial charge in [-0.15, -0.1) is 0 Å². The van der Waals surface area contributed by atoms with E-state index >= 15 is 0 Å². The topological polar surface area (TPSA) is 58.6 Å². The molecule has 0 bridgehead atoms. The van der Waals surface area contributed by atoms with Gasteiger partial charge < -0.3 is 15.2 Å². The summed E-state index contributed by atoms with van der Waals surface area (Å²) in [6, 6.07) is 7.55. The summed E-state index contributed by atoms with van der Waals surface area (Å²) in [4.78, 5) is 11.6. The van der Waals surface area contributed by atoms with E-state index in [2.05, 4.69) is 25.7 Å². The number of hydrogen-bond donors (Lipinski definition) is 2. The number of aliphatic hydroxyl groups is 1. The number of alkyl carbamates (subject to hydrolysis) is 1. The Bertz CT molecular complexity index is 566. The van der Waals surface area contributed by atoms with E-state index in [1.165, 1.54) is 6.42 Å². The lowest BCUT2D eigenvalue weighted by atomic mass is 10.0. The second kappa shape index (κ2) is 23.1. The van der Waals surface area contributed by atoms with Gasteiger partial charge in [0.1, 0.15) is 5.60 Å². The van der Waals surface area contributed by atoms with Crippen LogP contribution in [0, 0.1) is 0 Å². The number of rotatable bonds is 4. The second-order valence-electron chi connectivity index (χ2n) is 6.47. The minimum atomic E-state index is -0.515. The van der Waals surface area contributed by atoms with Crippen LogP contribution in [-0.2, 0) is 11.3 Å². The number of carbonyl (C=O) groups excluding carboxylic acids is 1. The summed E-state index contributed by atoms with van der Waals surface area (Å²) in [6.45, 7) is 27.4. The van der Waals surface area contributed by atoms with Gasteiger partial charge in [-0.25, -0.2) is 4.79 Å². The van der Waals surface area contributed by atoms with Gasteiger partial charge in [0, 0.05) is 12.1 Å². The summed E-state index contributed by atoms with van der Waals surface area (Å²) >= 11 is 0. The lowest BCUT2D eigenvalue weighted by Gasteiger charge is -2.19. The maximum absolute atomic E-state index is 11.6. The Morgan fingerprint density at radius 3 is 1.93 bits per heavy atom. The van der Waals surface area contributed by atoms with Crippen molar-refractivity contribution in [3.8, 4) is 0 Å². The Morgan fingerprint density at radius 1 is 1.10 bits per heavy atom. The second-order valence-corrected chi connectivity index (χ2v) is 6.47. The third-order valence-electron chi connectivity index (χ3n) is 2.67. The summed E-state index contributed by atoms with van der Waals surface area (Å²) in [6.07, 6.45) is 2.40. The Balaban J connectivity index is -0.000000327. The average molecular weight is 424 g/mol. The third kappa shape index (κ3) is 20.5. The zero-order chi connectivity index (χ0) is 24.8. The molecule has 0 aliphatic rings. The summed E-state index contributed by atoms with van der Waals surface area (Å²) in [5.41, 5.74) is 1.93. The van der Waals surface area contributed by atoms with Gasteiger partial charge in [-0.05, 0) is 44.9 Å². The molecule has 0 saturated carbocycles. The monoisotopic (exact) mass is 423 g/mol. The van der Waals surface area contributed by atoms with Gasteiger partial charge in [-0.2, -0.15) is 0 Å². The molecule has 1 aromatic carbocycles. The Labute approximate surface area is 187 Å². The average Bonchev–Trinajstić information content (AvgIpc) is 2.71. The van der Waals surface area contributed by atoms with E-state index in [1.807, 2.05) is 86.6 Å². The van der Waals surface area contributed by atoms with Crippen molar-refractivity contribution < 1.29 is 14.6 Å². The molecule has 4 heteroatoms. The maximum Gasteiger partial charge on any atom is 0.407 e. The number of aliphatic hydroxyl groups excluding tert-OH is 1. The van der Waals surface area contributed by atoms with Crippen LogP contribution in [0.2, 0.25) is 0 Å². The number of allylic oxidation sites excluding steroid dienone is 3. The van der Waals surface area contributed by atoms with E-state index in [0.29, 0.717) is 12.1 Å². The van der Waals surface area contributed by atoms with Gasteiger partial charge >= 0.3 is 6.09 Å². The first kappa shape index (κ1) is 35.2. The first-order chi connectivity index (χ1) is 14.1. The van der Waals surface area contributed by atoms with Crippen LogP contribution in [0.25, 0.3) is 5.57 Å². The van der Waals surface area contributed by atoms with Crippen molar-refractivity contribution in [3.63, 3.8) is 0 Å². The van der Waals surface area contributed by atoms with E-state index in [4.69, 9.17) is 4.74 Å². The standard InChI is InChI=1S/C17H23NO3.C3H8.3C2H6/c1-6-15(12(2)19)14-9-7-8-13(10-14)11-18-16(20)21-17(3,4)5;1-3-2;3*1-2/h6-10,19H,1,11H2,2-5H3,(H,18,20);3H2,1-2H3;3*1-2H3/b15-12-;;;;. The number of benzene rings is 1. The van der Waals surface area contributed by atoms with Crippen LogP contribution in [-0.4, -0.2) is 16.8 Å². The fourth-order valence-electron chi connectivity index (χ4n) is 1.81. The van der Waals surface area contributed by atoms with E-state index in [9.17, 15) is 9.90 Å². The number of ether oxygens (including phenoxy) is 1. The molecule has 0 unspecified atom stereocenters. The molecule has 176 valence electrons. The number of carbonyl (C=O) groups is 1. The third-order valence-corrected chi connectivity index (χ3v) is 2.67. The van der Waals surface area contributed by atoms with Gasteiger partial charge in [-0.3, -0.25) is 0 Å². The molecular formula is C26H49NO3. The largest absolute Gasteiger partial charge is 0.512 e. The Hall–Kier alpha value is -2.23. The van der Waals surface area contributed by atoms with Crippen molar-refractivity contribution in [1.82, 2.24) is 5.32 Å². The first-order valence-corrected chi connectivity index (χ1v) is 11.2. The Kier molecular flexibility index (Phi) is 27.1. The quantitative estimate of drug-likeness (QED) is 0.376. The van der Waals surface area contributed by atoms with Crippen LogP contribution in [0.3, 0.4) is 0 Å². The molecule has 0 aliphatic carbocycles. The van der Waals surface area contributed by atoms with E-state index in [0.717, 1.165) is 11.1 Å². The molecular weight excluding hydrogens is 374 g/mol. The Morgan fingerprint density at radius 2 is 1.57 bits per heavy atom. The molecule has 0 fully saturated rings. The van der Waals surface area contributed by atoms with E-state index in [-0.39, 0.29) is 5.76 Å². The molecule has 0 aliphatic heterocycles. The highest BCUT2D eigenvalue weighted by Crippen LogP contribution is 2.19. The van der Waals surface area contributed by atoms with Crippen molar-refractivity contribution in [2.75, 3.05) is 0 Å². The number of hydrogen-bond acceptors (Lipinski definition) is 3. The molecule has 0 saturated heterocycles. The molecule has 30 heavy (non-hydrogen) atoms. The van der Waals surface area contributed by atoms with Gasteiger partial charge in [0.25, 0.3) is 0 Å². The van der Waals surface area contributed by atoms with Crippen LogP contribution in [0.4, 0.5) is 4.79 Å². The summed E-state index contributed by atoms with van der Waals surface area (Å²) in [5.74, 6) is 0.210. The van der Waals surface area contributed by atoms with Crippen molar-refractivity contribution in [1.29, 1.82) is 0 Å². The highest BCUT2D eigenvalue weighted by molar-refractivity contribution is 5.75. The molecule has 0 heterocycles. The molecule has 1 aromatic rings. The lowest BCUT2D eigenvalue weighted by Crippen LogP contribution is -2.32. The molecule has 0 radical (unpaired) electrons. The normalized spacial score (nSPS) is 9.87. The predicted molar refractivity (Wildman–Crippen MR) is 135 cm³/mol. The summed E-state index contributed by atoms with van der Waals surface area (Å²) in [5, 5.41) is 12.3. The zero-order valence-electron chi connectivity index (χ0n) is 21.8. The van der Waals surface area contributed by atoms with Crippen LogP contribution in [0.5, 0.6) is 0 Å². The molecule has 0 spiro atoms. The highest BCUT2D eigenvalue weighted by atomic mass is 16.6. The summed E-state index contributed by atoms with van der Waals surface area (Å²) in [7, 11) is 0. The molecule has 2 N–H and O–H groups in total. The smallest absolute Gasteiger partial charge is 0.407 e. The number of nitrogens with one attached hydrogen (secondary N) is 1. The van der Waals surface area contributed by atoms with Gasteiger partial charge in [0.2, 0.25) is 0 Å². The number of amides is 1. The van der Waals surface area contributed by atoms with Crippen LogP contribution in [0.1, 0.15) is 101 Å². The predicted octanol–water partition coefficient (Wildman–Crippen LogP) is 8.68. The van der Waals surface area contributed by atoms with Crippen molar-refractivity contribution in [3.05, 3.63) is 53.8 Å². The first-order valence-electron chi connectivity index (χ1n) is 11.2. The maximum atomic E-state index is 11.6. The highest BCUT2D eigenvalue weighted by Gasteiger charge is 2.15. The lowest BCUT2D eigenvalue weighted by molar-refractivity contribution is 0.0523. The van der Waals surface area contributed by atoms with Crippen LogP contribution >= 0.6 is 0 Å². The van der Waals surface area contributed by atoms with Crippen molar-refractivity contribution in [2.24, 2.45) is 0 Å². The zero-order valence-corrected chi connectivity index (χ0v) is 21.8. The minimum absolute atomic E-state index is 0.210. The molecule has 1 rings (SSSR count). The molecule has 0 atom stereocenters. The fourth-order valence-corrected chi connectivity index (χ4v) is 1.81. The SMILES string of the molecule is C=C/C(=C(\C)O)c1cccc(CNC(=O)OC(C)(C)C)c1.CC.CC.CC.CCC. The summed E-state index contributed by atoms with van der Waals surface area (Å²) < 4.78 is 5.18. The van der Waals surface area contributed by atoms with Crippen molar-refractivity contribution in [2.45, 2.75) is 102 Å². The van der Waals surface area contributed by atoms with Crippen molar-refractivity contribution >= 4 is 11.7 Å². The van der Waals surface area contributed by atoms with Crippen LogP contribution in [0.15, 0.2) is 42.7 Å². The fraction of sp³-hybridized carbons (Fsp3) is 0.577. The molecule has 1 amide bonds. The van der Waals surface area contributed by atoms with Gasteiger partial charge in [-0.1, -0.05) is 92.7 Å². The molecule has 4 nitrogen and oxygen atoms in total. The van der Waals surface area contributed by atoms with E-state index in [1.54, 1.807) is 13.0 Å². The van der Waals surface area contributed by atoms with Gasteiger partial charge in [0.15, 0.2) is 0 Å².